The van der Waals surface area contributed by atoms with Crippen molar-refractivity contribution < 1.29 is 0 Å². The van der Waals surface area contributed by atoms with Gasteiger partial charge in [-0.05, 0) is 31.1 Å². The number of nitrogens with zero attached hydrogens (tertiary/aromatic N) is 1. The van der Waals surface area contributed by atoms with E-state index in [2.05, 4.69) is 24.2 Å². The highest BCUT2D eigenvalue weighted by atomic mass is 32.2. The van der Waals surface area contributed by atoms with Crippen molar-refractivity contribution >= 4 is 16.9 Å². The molecule has 0 bridgehead atoms. The fourth-order valence-corrected chi connectivity index (χ4v) is 4.10. The van der Waals surface area contributed by atoms with Crippen LogP contribution in [0.25, 0.3) is 0 Å². The van der Waals surface area contributed by atoms with Crippen LogP contribution in [0.3, 0.4) is 0 Å². The predicted octanol–water partition coefficient (Wildman–Crippen LogP) is 3.67. The Balaban J connectivity index is 1.65. The molecule has 1 aliphatic heterocycles. The van der Waals surface area contributed by atoms with E-state index in [4.69, 9.17) is 0 Å². The zero-order valence-corrected chi connectivity index (χ0v) is 12.1. The molecule has 1 heterocycles. The summed E-state index contributed by atoms with van der Waals surface area (Å²) in [7, 11) is 0. The molecule has 0 spiro atoms. The SMILES string of the molecule is CCCC1CN=C(NCC2CCCC(C)C2)S1. The van der Waals surface area contributed by atoms with Crippen molar-refractivity contribution in [2.24, 2.45) is 16.8 Å². The molecule has 1 saturated carbocycles. The average Bonchev–Trinajstić information content (AvgIpc) is 2.75. The summed E-state index contributed by atoms with van der Waals surface area (Å²) in [5.74, 6) is 1.81. The number of aliphatic imine (C=N–C) groups is 1. The molecule has 98 valence electrons. The smallest absolute Gasteiger partial charge is 0.156 e. The number of hydrogen-bond donors (Lipinski definition) is 1. The third kappa shape index (κ3) is 4.20. The molecule has 1 fully saturated rings. The van der Waals surface area contributed by atoms with Crippen LogP contribution in [-0.2, 0) is 0 Å². The summed E-state index contributed by atoms with van der Waals surface area (Å²) in [6.45, 7) is 6.83. The van der Waals surface area contributed by atoms with Crippen molar-refractivity contribution in [3.05, 3.63) is 0 Å². The van der Waals surface area contributed by atoms with Gasteiger partial charge in [-0.1, -0.05) is 44.9 Å². The summed E-state index contributed by atoms with van der Waals surface area (Å²) in [5.41, 5.74) is 0. The van der Waals surface area contributed by atoms with Crippen molar-refractivity contribution in [1.29, 1.82) is 0 Å². The van der Waals surface area contributed by atoms with Crippen LogP contribution in [-0.4, -0.2) is 23.5 Å². The van der Waals surface area contributed by atoms with Crippen molar-refractivity contribution in [3.63, 3.8) is 0 Å². The van der Waals surface area contributed by atoms with Crippen molar-refractivity contribution in [2.45, 2.75) is 57.6 Å². The van der Waals surface area contributed by atoms with E-state index >= 15 is 0 Å². The van der Waals surface area contributed by atoms with Gasteiger partial charge >= 0.3 is 0 Å². The molecule has 0 aromatic carbocycles. The second-order valence-corrected chi connectivity index (χ2v) is 6.98. The normalized spacial score (nSPS) is 33.5. The first-order valence-electron chi connectivity index (χ1n) is 7.23. The summed E-state index contributed by atoms with van der Waals surface area (Å²) < 4.78 is 0. The van der Waals surface area contributed by atoms with E-state index in [0.717, 1.165) is 30.2 Å². The molecule has 2 nitrogen and oxygen atoms in total. The van der Waals surface area contributed by atoms with Gasteiger partial charge in [0.15, 0.2) is 5.17 Å². The van der Waals surface area contributed by atoms with Gasteiger partial charge in [0.25, 0.3) is 0 Å². The Morgan fingerprint density at radius 2 is 2.29 bits per heavy atom. The van der Waals surface area contributed by atoms with Gasteiger partial charge in [0.05, 0.1) is 6.54 Å². The Kier molecular flexibility index (Phi) is 5.20. The van der Waals surface area contributed by atoms with E-state index in [1.54, 1.807) is 0 Å². The highest BCUT2D eigenvalue weighted by molar-refractivity contribution is 8.14. The van der Waals surface area contributed by atoms with Crippen molar-refractivity contribution in [3.8, 4) is 0 Å². The van der Waals surface area contributed by atoms with Crippen LogP contribution in [0.5, 0.6) is 0 Å². The fourth-order valence-electron chi connectivity index (χ4n) is 2.96. The Bertz CT molecular complexity index is 265. The van der Waals surface area contributed by atoms with E-state index in [-0.39, 0.29) is 0 Å². The first-order chi connectivity index (χ1) is 8.28. The van der Waals surface area contributed by atoms with Gasteiger partial charge in [-0.15, -0.1) is 0 Å². The van der Waals surface area contributed by atoms with Gasteiger partial charge in [-0.25, -0.2) is 0 Å². The number of thioether (sulfide) groups is 1. The zero-order valence-electron chi connectivity index (χ0n) is 11.2. The average molecular weight is 254 g/mol. The zero-order chi connectivity index (χ0) is 12.1. The number of hydrogen-bond acceptors (Lipinski definition) is 3. The summed E-state index contributed by atoms with van der Waals surface area (Å²) in [6.07, 6.45) is 8.26. The molecular weight excluding hydrogens is 228 g/mol. The van der Waals surface area contributed by atoms with Crippen molar-refractivity contribution in [1.82, 2.24) is 5.32 Å². The molecule has 2 rings (SSSR count). The molecular formula is C14H26N2S. The Labute approximate surface area is 110 Å². The highest BCUT2D eigenvalue weighted by Gasteiger charge is 2.22. The molecule has 17 heavy (non-hydrogen) atoms. The molecule has 0 aromatic heterocycles. The van der Waals surface area contributed by atoms with Gasteiger partial charge in [-0.2, -0.15) is 0 Å². The lowest BCUT2D eigenvalue weighted by Crippen LogP contribution is -2.29. The predicted molar refractivity (Wildman–Crippen MR) is 77.7 cm³/mol. The first-order valence-corrected chi connectivity index (χ1v) is 8.11. The third-order valence-electron chi connectivity index (χ3n) is 3.91. The van der Waals surface area contributed by atoms with Gasteiger partial charge in [-0.3, -0.25) is 4.99 Å². The lowest BCUT2D eigenvalue weighted by atomic mass is 9.82. The van der Waals surface area contributed by atoms with Crippen LogP contribution in [0, 0.1) is 11.8 Å². The standard InChI is InChI=1S/C14H26N2S/c1-3-5-13-10-16-14(17-13)15-9-12-7-4-6-11(2)8-12/h11-13H,3-10H2,1-2H3,(H,15,16). The van der Waals surface area contributed by atoms with E-state index in [1.807, 2.05) is 11.8 Å². The van der Waals surface area contributed by atoms with E-state index < -0.39 is 0 Å². The minimum absolute atomic E-state index is 0.743. The maximum Gasteiger partial charge on any atom is 0.156 e. The number of nitrogens with one attached hydrogen (secondary N) is 1. The topological polar surface area (TPSA) is 24.4 Å². The Hall–Kier alpha value is -0.180. The molecule has 2 aliphatic rings. The van der Waals surface area contributed by atoms with Crippen LogP contribution >= 0.6 is 11.8 Å². The quantitative estimate of drug-likeness (QED) is 0.827. The molecule has 1 N–H and O–H groups in total. The number of rotatable bonds is 4. The largest absolute Gasteiger partial charge is 0.365 e. The third-order valence-corrected chi connectivity index (χ3v) is 5.13. The molecule has 0 aromatic rings. The minimum Gasteiger partial charge on any atom is -0.365 e. The minimum atomic E-state index is 0.743. The van der Waals surface area contributed by atoms with Crippen LogP contribution in [0.4, 0.5) is 0 Å². The molecule has 0 saturated heterocycles. The lowest BCUT2D eigenvalue weighted by molar-refractivity contribution is 0.283. The van der Waals surface area contributed by atoms with Crippen LogP contribution in [0.1, 0.15) is 52.4 Å². The maximum absolute atomic E-state index is 4.61. The summed E-state index contributed by atoms with van der Waals surface area (Å²) in [5, 5.41) is 5.53. The Morgan fingerprint density at radius 1 is 1.41 bits per heavy atom. The van der Waals surface area contributed by atoms with Crippen LogP contribution in [0.2, 0.25) is 0 Å². The van der Waals surface area contributed by atoms with Gasteiger partial charge in [0.1, 0.15) is 0 Å². The monoisotopic (exact) mass is 254 g/mol. The van der Waals surface area contributed by atoms with Gasteiger partial charge < -0.3 is 5.32 Å². The molecule has 1 aliphatic carbocycles. The van der Waals surface area contributed by atoms with E-state index in [0.29, 0.717) is 0 Å². The first kappa shape index (κ1) is 13.3. The Morgan fingerprint density at radius 3 is 3.06 bits per heavy atom. The summed E-state index contributed by atoms with van der Waals surface area (Å²) in [4.78, 5) is 4.61. The maximum atomic E-state index is 4.61. The number of amidine groups is 1. The molecule has 0 amide bonds. The molecule has 0 radical (unpaired) electrons. The lowest BCUT2D eigenvalue weighted by Gasteiger charge is -2.27. The molecule has 3 unspecified atom stereocenters. The van der Waals surface area contributed by atoms with Crippen LogP contribution in [0.15, 0.2) is 4.99 Å². The molecule has 3 atom stereocenters. The second-order valence-electron chi connectivity index (χ2n) is 5.69. The molecule has 3 heteroatoms. The second kappa shape index (κ2) is 6.67. The van der Waals surface area contributed by atoms with E-state index in [9.17, 15) is 0 Å². The van der Waals surface area contributed by atoms with Crippen molar-refractivity contribution in [2.75, 3.05) is 13.1 Å². The van der Waals surface area contributed by atoms with Crippen LogP contribution < -0.4 is 5.32 Å². The summed E-state index contributed by atoms with van der Waals surface area (Å²) in [6, 6.07) is 0. The fraction of sp³-hybridized carbons (Fsp3) is 0.929. The van der Waals surface area contributed by atoms with Gasteiger partial charge in [0, 0.05) is 11.8 Å². The highest BCUT2D eigenvalue weighted by Crippen LogP contribution is 2.29. The van der Waals surface area contributed by atoms with Gasteiger partial charge in [0.2, 0.25) is 0 Å². The summed E-state index contributed by atoms with van der Waals surface area (Å²) >= 11 is 1.96. The van der Waals surface area contributed by atoms with E-state index in [1.165, 1.54) is 43.7 Å².